The summed E-state index contributed by atoms with van der Waals surface area (Å²) in [7, 11) is 0. The van der Waals surface area contributed by atoms with Crippen molar-refractivity contribution in [3.05, 3.63) is 53.9 Å². The molecule has 0 fully saturated rings. The molecular weight excluding hydrogens is 404 g/mol. The van der Waals surface area contributed by atoms with Crippen molar-refractivity contribution in [2.45, 2.75) is 39.7 Å². The van der Waals surface area contributed by atoms with Crippen LogP contribution in [0, 0.1) is 24.5 Å². The Morgan fingerprint density at radius 1 is 1.26 bits per heavy atom. The highest BCUT2D eigenvalue weighted by atomic mass is 19.1. The molecule has 0 aliphatic rings. The van der Waals surface area contributed by atoms with Gasteiger partial charge in [0.15, 0.2) is 0 Å². The third-order valence-electron chi connectivity index (χ3n) is 4.89. The summed E-state index contributed by atoms with van der Waals surface area (Å²) in [6.45, 7) is 7.70. The van der Waals surface area contributed by atoms with Crippen molar-refractivity contribution < 1.29 is 23.4 Å². The van der Waals surface area contributed by atoms with E-state index < -0.39 is 23.3 Å². The Labute approximate surface area is 179 Å². The first-order valence-corrected chi connectivity index (χ1v) is 9.92. The van der Waals surface area contributed by atoms with Crippen LogP contribution < -0.4 is 10.1 Å². The third kappa shape index (κ3) is 5.25. The van der Waals surface area contributed by atoms with Gasteiger partial charge in [0.25, 0.3) is 0 Å². The summed E-state index contributed by atoms with van der Waals surface area (Å²) < 4.78 is 33.8. The molecule has 1 unspecified atom stereocenters. The fourth-order valence-electron chi connectivity index (χ4n) is 3.84. The number of benzene rings is 1. The van der Waals surface area contributed by atoms with Gasteiger partial charge in [-0.25, -0.2) is 18.6 Å². The first-order valence-electron chi connectivity index (χ1n) is 9.92. The van der Waals surface area contributed by atoms with E-state index in [0.717, 1.165) is 6.07 Å². The number of ether oxygens (including phenoxy) is 1. The quantitative estimate of drug-likeness (QED) is 0.530. The standard InChI is InChI=1S/C23H25F2N3O3/c1-13(2)10-23(4,28-22(29)30)12-31-21-14(3)7-15(11-27-21)17-5-6-26-19-9-16(24)8-18(25)20(17)19/h5-9,11,13,28H,10,12H2,1-4H3,(H,29,30). The average Bonchev–Trinajstić information content (AvgIpc) is 2.65. The largest absolute Gasteiger partial charge is 0.475 e. The second-order valence-corrected chi connectivity index (χ2v) is 8.36. The minimum atomic E-state index is -1.12. The third-order valence-corrected chi connectivity index (χ3v) is 4.89. The van der Waals surface area contributed by atoms with Gasteiger partial charge < -0.3 is 15.2 Å². The van der Waals surface area contributed by atoms with Crippen LogP contribution in [-0.2, 0) is 0 Å². The van der Waals surface area contributed by atoms with Crippen LogP contribution in [0.25, 0.3) is 22.0 Å². The SMILES string of the molecule is Cc1cc(-c2ccnc3cc(F)cc(F)c23)cnc1OCC(C)(CC(C)C)NC(=O)O. The van der Waals surface area contributed by atoms with Crippen LogP contribution >= 0.6 is 0 Å². The van der Waals surface area contributed by atoms with Gasteiger partial charge in [-0.3, -0.25) is 4.98 Å². The monoisotopic (exact) mass is 429 g/mol. The number of rotatable bonds is 7. The number of halogens is 2. The second kappa shape index (κ2) is 8.83. The minimum absolute atomic E-state index is 0.108. The molecule has 0 radical (unpaired) electrons. The average molecular weight is 429 g/mol. The van der Waals surface area contributed by atoms with E-state index in [-0.39, 0.29) is 23.4 Å². The van der Waals surface area contributed by atoms with Crippen molar-refractivity contribution in [3.8, 4) is 17.0 Å². The Morgan fingerprint density at radius 3 is 2.65 bits per heavy atom. The smallest absolute Gasteiger partial charge is 0.405 e. The molecule has 1 atom stereocenters. The zero-order valence-corrected chi connectivity index (χ0v) is 17.9. The number of carboxylic acid groups (broad SMARTS) is 1. The fraction of sp³-hybridized carbons (Fsp3) is 0.348. The molecule has 0 aliphatic heterocycles. The van der Waals surface area contributed by atoms with Crippen molar-refractivity contribution in [1.82, 2.24) is 15.3 Å². The molecule has 1 amide bonds. The zero-order valence-electron chi connectivity index (χ0n) is 17.9. The van der Waals surface area contributed by atoms with E-state index in [1.165, 1.54) is 12.3 Å². The van der Waals surface area contributed by atoms with Crippen LogP contribution in [0.5, 0.6) is 5.88 Å². The summed E-state index contributed by atoms with van der Waals surface area (Å²) in [6.07, 6.45) is 2.51. The Balaban J connectivity index is 1.89. The van der Waals surface area contributed by atoms with Crippen LogP contribution in [0.4, 0.5) is 13.6 Å². The highest BCUT2D eigenvalue weighted by molar-refractivity contribution is 5.94. The van der Waals surface area contributed by atoms with Crippen LogP contribution in [0.1, 0.15) is 32.8 Å². The number of nitrogens with zero attached hydrogens (tertiary/aromatic N) is 2. The van der Waals surface area contributed by atoms with Gasteiger partial charge in [0, 0.05) is 41.0 Å². The molecule has 8 heteroatoms. The van der Waals surface area contributed by atoms with Crippen LogP contribution in [-0.4, -0.2) is 33.3 Å². The van der Waals surface area contributed by atoms with Gasteiger partial charge >= 0.3 is 6.09 Å². The molecule has 0 saturated carbocycles. The van der Waals surface area contributed by atoms with E-state index in [2.05, 4.69) is 15.3 Å². The number of pyridine rings is 2. The second-order valence-electron chi connectivity index (χ2n) is 8.36. The maximum Gasteiger partial charge on any atom is 0.405 e. The van der Waals surface area contributed by atoms with Gasteiger partial charge in [-0.1, -0.05) is 13.8 Å². The van der Waals surface area contributed by atoms with Crippen molar-refractivity contribution in [2.75, 3.05) is 6.61 Å². The number of nitrogens with one attached hydrogen (secondary N) is 1. The number of aryl methyl sites for hydroxylation is 1. The van der Waals surface area contributed by atoms with E-state index in [1.54, 1.807) is 32.2 Å². The lowest BCUT2D eigenvalue weighted by atomic mass is 9.91. The normalized spacial score (nSPS) is 13.3. The van der Waals surface area contributed by atoms with Crippen LogP contribution in [0.2, 0.25) is 0 Å². The predicted molar refractivity (Wildman–Crippen MR) is 114 cm³/mol. The summed E-state index contributed by atoms with van der Waals surface area (Å²) in [5, 5.41) is 11.9. The predicted octanol–water partition coefficient (Wildman–Crippen LogP) is 5.33. The van der Waals surface area contributed by atoms with Crippen LogP contribution in [0.15, 0.2) is 36.7 Å². The van der Waals surface area contributed by atoms with Gasteiger partial charge in [-0.15, -0.1) is 0 Å². The molecule has 3 aromatic rings. The highest BCUT2D eigenvalue weighted by Crippen LogP contribution is 2.32. The molecule has 31 heavy (non-hydrogen) atoms. The van der Waals surface area contributed by atoms with Crippen molar-refractivity contribution in [1.29, 1.82) is 0 Å². The number of aromatic nitrogens is 2. The number of carbonyl (C=O) groups is 1. The van der Waals surface area contributed by atoms with Gasteiger partial charge in [0.05, 0.1) is 11.1 Å². The Kier molecular flexibility index (Phi) is 6.38. The van der Waals surface area contributed by atoms with Gasteiger partial charge in [-0.05, 0) is 43.9 Å². The van der Waals surface area contributed by atoms with Gasteiger partial charge in [0.2, 0.25) is 5.88 Å². The molecule has 2 aromatic heterocycles. The van der Waals surface area contributed by atoms with Crippen LogP contribution in [0.3, 0.4) is 0 Å². The van der Waals surface area contributed by atoms with Crippen molar-refractivity contribution >= 4 is 17.0 Å². The molecule has 0 saturated heterocycles. The van der Waals surface area contributed by atoms with Gasteiger partial charge in [0.1, 0.15) is 18.2 Å². The molecule has 0 bridgehead atoms. The van der Waals surface area contributed by atoms with E-state index >= 15 is 0 Å². The number of fused-ring (bicyclic) bond motifs is 1. The molecule has 2 heterocycles. The molecule has 0 spiro atoms. The number of amides is 1. The maximum atomic E-state index is 14.5. The first kappa shape index (κ1) is 22.4. The summed E-state index contributed by atoms with van der Waals surface area (Å²) in [4.78, 5) is 19.6. The summed E-state index contributed by atoms with van der Waals surface area (Å²) in [5.41, 5.74) is 1.32. The topological polar surface area (TPSA) is 84.3 Å². The summed E-state index contributed by atoms with van der Waals surface area (Å²) in [5.74, 6) is -0.764. The first-order chi connectivity index (χ1) is 14.6. The van der Waals surface area contributed by atoms with E-state index in [0.29, 0.717) is 29.0 Å². The number of hydrogen-bond donors (Lipinski definition) is 2. The zero-order chi connectivity index (χ0) is 22.8. The molecular formula is C23H25F2N3O3. The van der Waals surface area contributed by atoms with Crippen molar-refractivity contribution in [3.63, 3.8) is 0 Å². The highest BCUT2D eigenvalue weighted by Gasteiger charge is 2.29. The van der Waals surface area contributed by atoms with E-state index in [9.17, 15) is 13.6 Å². The Bertz CT molecular complexity index is 1120. The molecule has 164 valence electrons. The fourth-order valence-corrected chi connectivity index (χ4v) is 3.84. The lowest BCUT2D eigenvalue weighted by molar-refractivity contribution is 0.140. The molecule has 0 aliphatic carbocycles. The van der Waals surface area contributed by atoms with Gasteiger partial charge in [-0.2, -0.15) is 0 Å². The Hall–Kier alpha value is -3.29. The maximum absolute atomic E-state index is 14.5. The minimum Gasteiger partial charge on any atom is -0.475 e. The van der Waals surface area contributed by atoms with E-state index in [4.69, 9.17) is 9.84 Å². The number of hydrogen-bond acceptors (Lipinski definition) is 4. The lowest BCUT2D eigenvalue weighted by Crippen LogP contribution is -2.50. The summed E-state index contributed by atoms with van der Waals surface area (Å²) in [6, 6.07) is 5.46. The molecule has 3 rings (SSSR count). The lowest BCUT2D eigenvalue weighted by Gasteiger charge is -2.31. The van der Waals surface area contributed by atoms with Crippen molar-refractivity contribution in [2.24, 2.45) is 5.92 Å². The summed E-state index contributed by atoms with van der Waals surface area (Å²) >= 11 is 0. The van der Waals surface area contributed by atoms with E-state index in [1.807, 2.05) is 13.8 Å². The molecule has 1 aromatic carbocycles. The molecule has 2 N–H and O–H groups in total. The molecule has 6 nitrogen and oxygen atoms in total. The Morgan fingerprint density at radius 2 is 2.00 bits per heavy atom.